The van der Waals surface area contributed by atoms with Crippen LogP contribution in [0.1, 0.15) is 19.3 Å². The largest absolute Gasteiger partial charge is 0.481 e. The zero-order chi connectivity index (χ0) is 14.6. The zero-order valence-electron chi connectivity index (χ0n) is 10.5. The Hall–Kier alpha value is -2.12. The van der Waals surface area contributed by atoms with E-state index in [1.165, 1.54) is 4.90 Å². The fourth-order valence-electron chi connectivity index (χ4n) is 1.85. The molecular weight excluding hydrogens is 256 g/mol. The molecule has 106 valence electrons. The fourth-order valence-corrected chi connectivity index (χ4v) is 1.85. The first-order valence-corrected chi connectivity index (χ1v) is 5.80. The van der Waals surface area contributed by atoms with Gasteiger partial charge in [-0.3, -0.25) is 14.4 Å². The van der Waals surface area contributed by atoms with Gasteiger partial charge in [0, 0.05) is 26.4 Å². The van der Waals surface area contributed by atoms with E-state index in [1.807, 2.05) is 0 Å². The molecule has 0 spiro atoms. The fraction of sp³-hybridized carbons (Fsp3) is 0.636. The van der Waals surface area contributed by atoms with Crippen molar-refractivity contribution in [3.05, 3.63) is 0 Å². The molecule has 0 aromatic rings. The number of rotatable bonds is 6. The summed E-state index contributed by atoms with van der Waals surface area (Å²) in [6.07, 6.45) is -0.485. The molecule has 0 aliphatic carbocycles. The highest BCUT2D eigenvalue weighted by Crippen LogP contribution is 2.16. The Bertz CT molecular complexity index is 408. The Balaban J connectivity index is 2.54. The molecule has 2 atom stereocenters. The van der Waals surface area contributed by atoms with E-state index < -0.39 is 29.8 Å². The van der Waals surface area contributed by atoms with E-state index in [2.05, 4.69) is 5.32 Å². The Morgan fingerprint density at radius 2 is 2.05 bits per heavy atom. The quantitative estimate of drug-likeness (QED) is 0.563. The molecule has 1 aliphatic heterocycles. The van der Waals surface area contributed by atoms with Crippen LogP contribution in [0.3, 0.4) is 0 Å². The van der Waals surface area contributed by atoms with E-state index in [-0.39, 0.29) is 31.7 Å². The van der Waals surface area contributed by atoms with Gasteiger partial charge in [-0.1, -0.05) is 0 Å². The molecule has 1 rings (SSSR count). The molecule has 1 unspecified atom stereocenters. The van der Waals surface area contributed by atoms with Crippen molar-refractivity contribution in [1.29, 1.82) is 0 Å². The van der Waals surface area contributed by atoms with E-state index in [9.17, 15) is 19.2 Å². The van der Waals surface area contributed by atoms with E-state index in [4.69, 9.17) is 10.2 Å². The average Bonchev–Trinajstić information content (AvgIpc) is 2.64. The number of carbonyl (C=O) groups excluding carboxylic acids is 2. The van der Waals surface area contributed by atoms with Crippen LogP contribution in [0.25, 0.3) is 0 Å². The van der Waals surface area contributed by atoms with E-state index in [0.717, 1.165) is 0 Å². The minimum Gasteiger partial charge on any atom is -0.481 e. The molecule has 19 heavy (non-hydrogen) atoms. The van der Waals surface area contributed by atoms with Crippen LogP contribution in [0.4, 0.5) is 0 Å². The Labute approximate surface area is 109 Å². The van der Waals surface area contributed by atoms with Gasteiger partial charge in [0.1, 0.15) is 6.04 Å². The van der Waals surface area contributed by atoms with Gasteiger partial charge in [-0.15, -0.1) is 0 Å². The summed E-state index contributed by atoms with van der Waals surface area (Å²) in [7, 11) is 1.56. The summed E-state index contributed by atoms with van der Waals surface area (Å²) in [6.45, 7) is 0.246. The van der Waals surface area contributed by atoms with Gasteiger partial charge in [0.2, 0.25) is 11.8 Å². The molecular formula is C11H16N2O6. The predicted octanol–water partition coefficient (Wildman–Crippen LogP) is -1.10. The molecule has 1 fully saturated rings. The van der Waals surface area contributed by atoms with Crippen molar-refractivity contribution in [2.75, 3.05) is 13.6 Å². The van der Waals surface area contributed by atoms with Crippen LogP contribution >= 0.6 is 0 Å². The van der Waals surface area contributed by atoms with Crippen molar-refractivity contribution >= 4 is 23.8 Å². The Morgan fingerprint density at radius 3 is 2.47 bits per heavy atom. The summed E-state index contributed by atoms with van der Waals surface area (Å²) in [4.78, 5) is 45.8. The Morgan fingerprint density at radius 1 is 1.42 bits per heavy atom. The molecule has 0 bridgehead atoms. The molecule has 8 heteroatoms. The van der Waals surface area contributed by atoms with Gasteiger partial charge < -0.3 is 20.4 Å². The third kappa shape index (κ3) is 4.23. The first-order valence-electron chi connectivity index (χ1n) is 5.80. The molecule has 1 heterocycles. The second-order valence-electron chi connectivity index (χ2n) is 4.51. The van der Waals surface area contributed by atoms with Crippen molar-refractivity contribution in [2.24, 2.45) is 5.92 Å². The van der Waals surface area contributed by atoms with E-state index >= 15 is 0 Å². The third-order valence-electron chi connectivity index (χ3n) is 2.97. The number of hydrogen-bond donors (Lipinski definition) is 3. The van der Waals surface area contributed by atoms with Crippen molar-refractivity contribution in [2.45, 2.75) is 25.3 Å². The molecule has 0 radical (unpaired) electrons. The van der Waals surface area contributed by atoms with Gasteiger partial charge in [0.25, 0.3) is 0 Å². The first-order chi connectivity index (χ1) is 8.81. The highest BCUT2D eigenvalue weighted by molar-refractivity contribution is 5.91. The summed E-state index contributed by atoms with van der Waals surface area (Å²) in [5, 5.41) is 19.7. The average molecular weight is 272 g/mol. The van der Waals surface area contributed by atoms with Crippen molar-refractivity contribution in [3.8, 4) is 0 Å². The highest BCUT2D eigenvalue weighted by Gasteiger charge is 2.34. The van der Waals surface area contributed by atoms with Crippen LogP contribution in [0.5, 0.6) is 0 Å². The monoisotopic (exact) mass is 272 g/mol. The van der Waals surface area contributed by atoms with Crippen LogP contribution in [0.15, 0.2) is 0 Å². The van der Waals surface area contributed by atoms with Crippen molar-refractivity contribution in [1.82, 2.24) is 10.2 Å². The Kier molecular flexibility index (Phi) is 4.85. The lowest BCUT2D eigenvalue weighted by atomic mass is 10.1. The minimum absolute atomic E-state index is 0.0492. The smallest absolute Gasteiger partial charge is 0.326 e. The standard InChI is InChI=1S/C11H16N2O6/c1-13-5-6(4-8(13)14)10(17)12-7(11(18)19)2-3-9(15)16/h6-7H,2-5H2,1H3,(H,12,17)(H,15,16)(H,18,19)/t6?,7-/m0/s1. The van der Waals surface area contributed by atoms with Crippen LogP contribution < -0.4 is 5.32 Å². The van der Waals surface area contributed by atoms with Gasteiger partial charge >= 0.3 is 11.9 Å². The molecule has 2 amide bonds. The maximum absolute atomic E-state index is 11.8. The molecule has 8 nitrogen and oxygen atoms in total. The number of aliphatic carboxylic acids is 2. The van der Waals surface area contributed by atoms with Gasteiger partial charge in [0.15, 0.2) is 0 Å². The van der Waals surface area contributed by atoms with Crippen molar-refractivity contribution in [3.63, 3.8) is 0 Å². The molecule has 1 aliphatic rings. The minimum atomic E-state index is -1.28. The van der Waals surface area contributed by atoms with Gasteiger partial charge in [-0.2, -0.15) is 0 Å². The number of nitrogens with zero attached hydrogens (tertiary/aromatic N) is 1. The molecule has 0 aromatic heterocycles. The number of hydrogen-bond acceptors (Lipinski definition) is 4. The summed E-state index contributed by atoms with van der Waals surface area (Å²) >= 11 is 0. The summed E-state index contributed by atoms with van der Waals surface area (Å²) in [5.74, 6) is -3.69. The highest BCUT2D eigenvalue weighted by atomic mass is 16.4. The summed E-state index contributed by atoms with van der Waals surface area (Å²) < 4.78 is 0. The van der Waals surface area contributed by atoms with Gasteiger partial charge in [-0.05, 0) is 6.42 Å². The number of carboxylic acids is 2. The topological polar surface area (TPSA) is 124 Å². The van der Waals surface area contributed by atoms with E-state index in [1.54, 1.807) is 7.05 Å². The number of likely N-dealkylation sites (tertiary alicyclic amines) is 1. The van der Waals surface area contributed by atoms with Crippen molar-refractivity contribution < 1.29 is 29.4 Å². The lowest BCUT2D eigenvalue weighted by Crippen LogP contribution is -2.44. The molecule has 0 saturated carbocycles. The third-order valence-corrected chi connectivity index (χ3v) is 2.97. The van der Waals surface area contributed by atoms with Crippen LogP contribution in [0, 0.1) is 5.92 Å². The number of amides is 2. The number of carboxylic acid groups (broad SMARTS) is 2. The van der Waals surface area contributed by atoms with Gasteiger partial charge in [0.05, 0.1) is 5.92 Å². The predicted molar refractivity (Wildman–Crippen MR) is 62.2 cm³/mol. The maximum atomic E-state index is 11.8. The van der Waals surface area contributed by atoms with Crippen LogP contribution in [0.2, 0.25) is 0 Å². The molecule has 3 N–H and O–H groups in total. The number of carbonyl (C=O) groups is 4. The molecule has 0 aromatic carbocycles. The van der Waals surface area contributed by atoms with E-state index in [0.29, 0.717) is 0 Å². The second kappa shape index (κ2) is 6.17. The lowest BCUT2D eigenvalue weighted by molar-refractivity contribution is -0.143. The SMILES string of the molecule is CN1CC(C(=O)N[C@@H](CCC(=O)O)C(=O)O)CC1=O. The maximum Gasteiger partial charge on any atom is 0.326 e. The summed E-state index contributed by atoms with van der Waals surface area (Å²) in [5.41, 5.74) is 0. The lowest BCUT2D eigenvalue weighted by Gasteiger charge is -2.16. The number of nitrogens with one attached hydrogen (secondary N) is 1. The zero-order valence-corrected chi connectivity index (χ0v) is 10.5. The van der Waals surface area contributed by atoms with Crippen LogP contribution in [-0.4, -0.2) is 58.5 Å². The van der Waals surface area contributed by atoms with Gasteiger partial charge in [-0.25, -0.2) is 4.79 Å². The molecule has 1 saturated heterocycles. The summed E-state index contributed by atoms with van der Waals surface area (Å²) in [6, 6.07) is -1.25. The normalized spacial score (nSPS) is 20.2. The first kappa shape index (κ1) is 14.9. The second-order valence-corrected chi connectivity index (χ2v) is 4.51. The van der Waals surface area contributed by atoms with Crippen LogP contribution in [-0.2, 0) is 19.2 Å².